The molecule has 0 aliphatic carbocycles. The van der Waals surface area contributed by atoms with Crippen LogP contribution in [0, 0.1) is 6.92 Å². The van der Waals surface area contributed by atoms with E-state index in [1.54, 1.807) is 23.2 Å². The first-order valence-electron chi connectivity index (χ1n) is 10.8. The summed E-state index contributed by atoms with van der Waals surface area (Å²) in [7, 11) is 0. The van der Waals surface area contributed by atoms with E-state index in [2.05, 4.69) is 10.3 Å². The summed E-state index contributed by atoms with van der Waals surface area (Å²) in [5.74, 6) is 0.244. The molecule has 8 nitrogen and oxygen atoms in total. The molecule has 1 aliphatic rings. The van der Waals surface area contributed by atoms with Gasteiger partial charge in [-0.1, -0.05) is 29.8 Å². The third kappa shape index (κ3) is 3.98. The number of imidazole rings is 1. The normalized spacial score (nSPS) is 12.9. The molecule has 1 aliphatic heterocycles. The van der Waals surface area contributed by atoms with Gasteiger partial charge in [0.2, 0.25) is 0 Å². The van der Waals surface area contributed by atoms with E-state index in [1.807, 2.05) is 60.0 Å². The molecule has 8 heteroatoms. The summed E-state index contributed by atoms with van der Waals surface area (Å²) >= 11 is 0. The zero-order chi connectivity index (χ0) is 22.9. The van der Waals surface area contributed by atoms with Crippen molar-refractivity contribution in [3.63, 3.8) is 0 Å². The lowest BCUT2D eigenvalue weighted by atomic mass is 10.2. The van der Waals surface area contributed by atoms with Gasteiger partial charge in [0.05, 0.1) is 12.2 Å². The molecule has 2 aromatic heterocycles. The van der Waals surface area contributed by atoms with Crippen LogP contribution in [0.4, 0.5) is 11.4 Å². The van der Waals surface area contributed by atoms with Gasteiger partial charge in [0.25, 0.3) is 11.8 Å². The van der Waals surface area contributed by atoms with Crippen LogP contribution in [-0.2, 0) is 13.1 Å². The van der Waals surface area contributed by atoms with E-state index in [9.17, 15) is 9.59 Å². The molecule has 0 saturated carbocycles. The number of rotatable bonds is 4. The van der Waals surface area contributed by atoms with E-state index in [1.165, 1.54) is 0 Å². The van der Waals surface area contributed by atoms with Gasteiger partial charge >= 0.3 is 0 Å². The second-order valence-corrected chi connectivity index (χ2v) is 8.14. The SMILES string of the molecule is Cc1ccc(NC(=O)c2nc(-c3cccc(N)c3)n3c2CN(C(=O)c2ccc[nH]2)CC3)cc1. The van der Waals surface area contributed by atoms with E-state index < -0.39 is 0 Å². The number of aryl methyl sites for hydroxylation is 1. The summed E-state index contributed by atoms with van der Waals surface area (Å²) in [4.78, 5) is 35.6. The fourth-order valence-corrected chi connectivity index (χ4v) is 4.08. The molecule has 0 radical (unpaired) electrons. The third-order valence-corrected chi connectivity index (χ3v) is 5.79. The second-order valence-electron chi connectivity index (χ2n) is 8.14. The summed E-state index contributed by atoms with van der Waals surface area (Å²) in [6.07, 6.45) is 1.72. The second kappa shape index (κ2) is 8.31. The largest absolute Gasteiger partial charge is 0.399 e. The summed E-state index contributed by atoms with van der Waals surface area (Å²) < 4.78 is 2.01. The van der Waals surface area contributed by atoms with Gasteiger partial charge in [-0.3, -0.25) is 9.59 Å². The zero-order valence-electron chi connectivity index (χ0n) is 18.2. The summed E-state index contributed by atoms with van der Waals surface area (Å²) in [6, 6.07) is 18.6. The monoisotopic (exact) mass is 440 g/mol. The van der Waals surface area contributed by atoms with Gasteiger partial charge in [-0.25, -0.2) is 4.98 Å². The Hall–Kier alpha value is -4.33. The van der Waals surface area contributed by atoms with Gasteiger partial charge in [0.1, 0.15) is 11.5 Å². The van der Waals surface area contributed by atoms with Crippen LogP contribution in [0.5, 0.6) is 0 Å². The molecule has 4 aromatic rings. The molecule has 4 N–H and O–H groups in total. The number of carbonyl (C=O) groups is 2. The van der Waals surface area contributed by atoms with Crippen LogP contribution in [0.1, 0.15) is 32.2 Å². The number of nitrogen functional groups attached to an aromatic ring is 1. The number of aromatic nitrogens is 3. The van der Waals surface area contributed by atoms with Gasteiger partial charge in [0, 0.05) is 36.2 Å². The minimum atomic E-state index is -0.313. The third-order valence-electron chi connectivity index (χ3n) is 5.79. The quantitative estimate of drug-likeness (QED) is 0.421. The Morgan fingerprint density at radius 2 is 1.88 bits per heavy atom. The molecule has 0 unspecified atom stereocenters. The first kappa shape index (κ1) is 20.6. The number of hydrogen-bond donors (Lipinski definition) is 3. The molecule has 0 bridgehead atoms. The fourth-order valence-electron chi connectivity index (χ4n) is 4.08. The number of nitrogens with one attached hydrogen (secondary N) is 2. The number of aromatic amines is 1. The standard InChI is InChI=1S/C25H24N6O2/c1-16-7-9-19(10-8-16)28-24(32)22-21-15-30(25(33)20-6-3-11-27-20)12-13-31(21)23(29-22)17-4-2-5-18(26)14-17/h2-11,14,27H,12-13,15,26H2,1H3,(H,28,32). The lowest BCUT2D eigenvalue weighted by Crippen LogP contribution is -2.39. The molecule has 0 atom stereocenters. The van der Waals surface area contributed by atoms with Crippen LogP contribution in [0.3, 0.4) is 0 Å². The zero-order valence-corrected chi connectivity index (χ0v) is 18.2. The van der Waals surface area contributed by atoms with Gasteiger partial charge < -0.3 is 25.5 Å². The van der Waals surface area contributed by atoms with Crippen LogP contribution < -0.4 is 11.1 Å². The lowest BCUT2D eigenvalue weighted by Gasteiger charge is -2.29. The van der Waals surface area contributed by atoms with E-state index in [-0.39, 0.29) is 18.4 Å². The molecule has 0 saturated heterocycles. The number of anilines is 2. The first-order valence-corrected chi connectivity index (χ1v) is 10.8. The summed E-state index contributed by atoms with van der Waals surface area (Å²) in [6.45, 7) is 3.31. The Bertz CT molecular complexity index is 1320. The number of carbonyl (C=O) groups excluding carboxylic acids is 2. The van der Waals surface area contributed by atoms with Crippen molar-refractivity contribution in [3.8, 4) is 11.4 Å². The van der Waals surface area contributed by atoms with E-state index in [4.69, 9.17) is 10.7 Å². The molecule has 3 heterocycles. The van der Waals surface area contributed by atoms with Crippen molar-refractivity contribution in [1.82, 2.24) is 19.4 Å². The molecule has 166 valence electrons. The van der Waals surface area contributed by atoms with Gasteiger partial charge in [0.15, 0.2) is 5.69 Å². The smallest absolute Gasteiger partial charge is 0.276 e. The number of H-pyrrole nitrogens is 1. The molecule has 5 rings (SSSR count). The minimum absolute atomic E-state index is 0.108. The van der Waals surface area contributed by atoms with Gasteiger partial charge in [-0.15, -0.1) is 0 Å². The number of amides is 2. The Morgan fingerprint density at radius 3 is 2.61 bits per heavy atom. The van der Waals surface area contributed by atoms with Gasteiger partial charge in [-0.05, 0) is 43.3 Å². The predicted molar refractivity (Wildman–Crippen MR) is 127 cm³/mol. The van der Waals surface area contributed by atoms with Crippen LogP contribution in [0.15, 0.2) is 66.9 Å². The van der Waals surface area contributed by atoms with Crippen molar-refractivity contribution >= 4 is 23.2 Å². The Labute approximate surface area is 191 Å². The Kier molecular flexibility index (Phi) is 5.18. The maximum Gasteiger partial charge on any atom is 0.276 e. The van der Waals surface area contributed by atoms with Crippen LogP contribution >= 0.6 is 0 Å². The highest BCUT2D eigenvalue weighted by Crippen LogP contribution is 2.28. The van der Waals surface area contributed by atoms with Crippen molar-refractivity contribution in [2.24, 2.45) is 0 Å². The van der Waals surface area contributed by atoms with Crippen molar-refractivity contribution in [1.29, 1.82) is 0 Å². The predicted octanol–water partition coefficient (Wildman–Crippen LogP) is 3.68. The molecule has 0 fully saturated rings. The molecule has 2 amide bonds. The van der Waals surface area contributed by atoms with Crippen LogP contribution in [0.25, 0.3) is 11.4 Å². The minimum Gasteiger partial charge on any atom is -0.399 e. The number of hydrogen-bond acceptors (Lipinski definition) is 4. The molecular formula is C25H24N6O2. The van der Waals surface area contributed by atoms with E-state index in [0.717, 1.165) is 11.1 Å². The molecule has 0 spiro atoms. The maximum absolute atomic E-state index is 13.3. The van der Waals surface area contributed by atoms with Crippen molar-refractivity contribution in [2.75, 3.05) is 17.6 Å². The van der Waals surface area contributed by atoms with Gasteiger partial charge in [-0.2, -0.15) is 0 Å². The van der Waals surface area contributed by atoms with E-state index in [0.29, 0.717) is 47.4 Å². The summed E-state index contributed by atoms with van der Waals surface area (Å²) in [5.41, 5.74) is 10.8. The average molecular weight is 441 g/mol. The fraction of sp³-hybridized carbons (Fsp3) is 0.160. The Balaban J connectivity index is 1.53. The molecule has 2 aromatic carbocycles. The maximum atomic E-state index is 13.3. The highest BCUT2D eigenvalue weighted by Gasteiger charge is 2.30. The average Bonchev–Trinajstić information content (AvgIpc) is 3.48. The van der Waals surface area contributed by atoms with Crippen LogP contribution in [0.2, 0.25) is 0 Å². The van der Waals surface area contributed by atoms with Crippen molar-refractivity contribution in [3.05, 3.63) is 89.5 Å². The number of fused-ring (bicyclic) bond motifs is 1. The molecular weight excluding hydrogens is 416 g/mol. The highest BCUT2D eigenvalue weighted by molar-refractivity contribution is 6.04. The van der Waals surface area contributed by atoms with Crippen molar-refractivity contribution < 1.29 is 9.59 Å². The van der Waals surface area contributed by atoms with Crippen LogP contribution in [-0.4, -0.2) is 37.8 Å². The summed E-state index contributed by atoms with van der Waals surface area (Å²) in [5, 5.41) is 2.93. The van der Waals surface area contributed by atoms with Crippen molar-refractivity contribution in [2.45, 2.75) is 20.0 Å². The Morgan fingerprint density at radius 1 is 1.06 bits per heavy atom. The lowest BCUT2D eigenvalue weighted by molar-refractivity contribution is 0.0704. The van der Waals surface area contributed by atoms with E-state index >= 15 is 0 Å². The number of nitrogens with zero attached hydrogens (tertiary/aromatic N) is 3. The first-order chi connectivity index (χ1) is 16.0. The molecule has 33 heavy (non-hydrogen) atoms. The number of nitrogens with two attached hydrogens (primary N) is 1. The highest BCUT2D eigenvalue weighted by atomic mass is 16.2. The number of benzene rings is 2. The topological polar surface area (TPSA) is 109 Å².